The number of ketones is 1. The van der Waals surface area contributed by atoms with Crippen molar-refractivity contribution < 1.29 is 19.1 Å². The molecule has 0 aromatic carbocycles. The van der Waals surface area contributed by atoms with Crippen molar-refractivity contribution in [2.45, 2.75) is 188 Å². The first kappa shape index (κ1) is 41.4. The Kier molecular flexibility index (Phi) is 30.5. The zero-order valence-electron chi connectivity index (χ0n) is 29.0. The molecule has 1 N–H and O–H groups in total. The maximum atomic E-state index is 12.5. The smallest absolute Gasteiger partial charge is 0.305 e. The molecule has 43 heavy (non-hydrogen) atoms. The zero-order valence-corrected chi connectivity index (χ0v) is 29.0. The second kappa shape index (κ2) is 31.8. The lowest BCUT2D eigenvalue weighted by Crippen LogP contribution is -2.32. The second-order valence-electron chi connectivity index (χ2n) is 13.1. The SMILES string of the molecule is CCCCCCCC/C=C\CCCCCCCC(=O)OCC(C)CNC(=O)CC(CCCCCCCCCCC)C(C)=O. The molecule has 0 heterocycles. The van der Waals surface area contributed by atoms with E-state index in [-0.39, 0.29) is 35.9 Å². The molecule has 0 aromatic heterocycles. The molecule has 2 atom stereocenters. The normalized spacial score (nSPS) is 12.8. The largest absolute Gasteiger partial charge is 0.465 e. The third-order valence-corrected chi connectivity index (χ3v) is 8.48. The number of allylic oxidation sites excluding steroid dienone is 2. The summed E-state index contributed by atoms with van der Waals surface area (Å²) >= 11 is 0. The molecule has 0 fully saturated rings. The van der Waals surface area contributed by atoms with E-state index >= 15 is 0 Å². The van der Waals surface area contributed by atoms with Crippen LogP contribution in [0.25, 0.3) is 0 Å². The van der Waals surface area contributed by atoms with Crippen LogP contribution in [0, 0.1) is 11.8 Å². The Morgan fingerprint density at radius 3 is 1.63 bits per heavy atom. The van der Waals surface area contributed by atoms with E-state index in [1.165, 1.54) is 116 Å². The summed E-state index contributed by atoms with van der Waals surface area (Å²) in [5.41, 5.74) is 0. The van der Waals surface area contributed by atoms with Crippen LogP contribution in [0.1, 0.15) is 188 Å². The molecule has 5 nitrogen and oxygen atoms in total. The van der Waals surface area contributed by atoms with Crippen LogP contribution in [0.15, 0.2) is 12.2 Å². The van der Waals surface area contributed by atoms with Crippen LogP contribution in [-0.4, -0.2) is 30.8 Å². The highest BCUT2D eigenvalue weighted by Gasteiger charge is 2.18. The van der Waals surface area contributed by atoms with E-state index in [0.717, 1.165) is 32.1 Å². The van der Waals surface area contributed by atoms with Crippen LogP contribution in [0.4, 0.5) is 0 Å². The van der Waals surface area contributed by atoms with Crippen LogP contribution >= 0.6 is 0 Å². The van der Waals surface area contributed by atoms with Crippen molar-refractivity contribution in [2.24, 2.45) is 11.8 Å². The van der Waals surface area contributed by atoms with E-state index in [1.807, 2.05) is 6.92 Å². The van der Waals surface area contributed by atoms with Gasteiger partial charge in [0, 0.05) is 31.2 Å². The predicted octanol–water partition coefficient (Wildman–Crippen LogP) is 10.8. The van der Waals surface area contributed by atoms with Gasteiger partial charge >= 0.3 is 5.97 Å². The Morgan fingerprint density at radius 2 is 1.12 bits per heavy atom. The molecule has 0 aliphatic rings. The molecular weight excluding hydrogens is 534 g/mol. The molecule has 0 aliphatic carbocycles. The quantitative estimate of drug-likeness (QED) is 0.0470. The molecule has 2 unspecified atom stereocenters. The number of ether oxygens (including phenoxy) is 1. The summed E-state index contributed by atoms with van der Waals surface area (Å²) in [6.07, 6.45) is 33.6. The van der Waals surface area contributed by atoms with Gasteiger partial charge in [-0.2, -0.15) is 0 Å². The number of rotatable bonds is 32. The highest BCUT2D eigenvalue weighted by atomic mass is 16.5. The number of amides is 1. The number of Topliss-reactive ketones (excluding diaryl/α,β-unsaturated/α-hetero) is 1. The van der Waals surface area contributed by atoms with Crippen LogP contribution < -0.4 is 5.32 Å². The minimum atomic E-state index is -0.191. The lowest BCUT2D eigenvalue weighted by molar-refractivity contribution is -0.145. The fourth-order valence-corrected chi connectivity index (χ4v) is 5.44. The Morgan fingerprint density at radius 1 is 0.651 bits per heavy atom. The topological polar surface area (TPSA) is 72.5 Å². The number of hydrogen-bond acceptors (Lipinski definition) is 4. The molecule has 0 bridgehead atoms. The number of esters is 1. The number of nitrogens with one attached hydrogen (secondary N) is 1. The number of hydrogen-bond donors (Lipinski definition) is 1. The molecule has 1 amide bonds. The van der Waals surface area contributed by atoms with Crippen molar-refractivity contribution in [3.63, 3.8) is 0 Å². The Labute approximate surface area is 267 Å². The number of carbonyl (C=O) groups is 3. The highest BCUT2D eigenvalue weighted by Crippen LogP contribution is 2.17. The summed E-state index contributed by atoms with van der Waals surface area (Å²) in [7, 11) is 0. The van der Waals surface area contributed by atoms with Gasteiger partial charge < -0.3 is 10.1 Å². The fourth-order valence-electron chi connectivity index (χ4n) is 5.44. The van der Waals surface area contributed by atoms with Gasteiger partial charge in [-0.25, -0.2) is 0 Å². The van der Waals surface area contributed by atoms with E-state index in [1.54, 1.807) is 6.92 Å². The van der Waals surface area contributed by atoms with Crippen molar-refractivity contribution in [3.05, 3.63) is 12.2 Å². The van der Waals surface area contributed by atoms with Crippen LogP contribution in [0.5, 0.6) is 0 Å². The van der Waals surface area contributed by atoms with Gasteiger partial charge in [0.15, 0.2) is 0 Å². The van der Waals surface area contributed by atoms with Gasteiger partial charge in [0.05, 0.1) is 6.61 Å². The van der Waals surface area contributed by atoms with E-state index in [0.29, 0.717) is 19.6 Å². The lowest BCUT2D eigenvalue weighted by atomic mass is 9.93. The lowest BCUT2D eigenvalue weighted by Gasteiger charge is -2.16. The maximum absolute atomic E-state index is 12.5. The van der Waals surface area contributed by atoms with Gasteiger partial charge in [0.2, 0.25) is 5.91 Å². The first-order chi connectivity index (χ1) is 20.9. The third kappa shape index (κ3) is 30.2. The van der Waals surface area contributed by atoms with Crippen molar-refractivity contribution in [3.8, 4) is 0 Å². The molecular formula is C38H71NO4. The molecule has 0 rings (SSSR count). The van der Waals surface area contributed by atoms with Crippen molar-refractivity contribution in [2.75, 3.05) is 13.2 Å². The molecule has 0 aromatic rings. The molecule has 0 spiro atoms. The molecule has 252 valence electrons. The number of carbonyl (C=O) groups excluding carboxylic acids is 3. The van der Waals surface area contributed by atoms with Crippen molar-refractivity contribution in [1.82, 2.24) is 5.32 Å². The zero-order chi connectivity index (χ0) is 31.8. The van der Waals surface area contributed by atoms with E-state index in [9.17, 15) is 14.4 Å². The van der Waals surface area contributed by atoms with Crippen LogP contribution in [-0.2, 0) is 19.1 Å². The molecule has 0 aliphatic heterocycles. The summed E-state index contributed by atoms with van der Waals surface area (Å²) in [4.78, 5) is 36.6. The first-order valence-corrected chi connectivity index (χ1v) is 18.5. The van der Waals surface area contributed by atoms with Crippen molar-refractivity contribution in [1.29, 1.82) is 0 Å². The van der Waals surface area contributed by atoms with Gasteiger partial charge in [-0.1, -0.05) is 142 Å². The summed E-state index contributed by atoms with van der Waals surface area (Å²) in [6, 6.07) is 0. The average molecular weight is 606 g/mol. The van der Waals surface area contributed by atoms with E-state index in [2.05, 4.69) is 31.3 Å². The van der Waals surface area contributed by atoms with E-state index in [4.69, 9.17) is 4.74 Å². The molecule has 0 saturated heterocycles. The second-order valence-corrected chi connectivity index (χ2v) is 13.1. The summed E-state index contributed by atoms with van der Waals surface area (Å²) < 4.78 is 5.43. The van der Waals surface area contributed by atoms with Gasteiger partial charge in [-0.3, -0.25) is 14.4 Å². The Balaban J connectivity index is 3.74. The number of unbranched alkanes of at least 4 members (excludes halogenated alkanes) is 19. The monoisotopic (exact) mass is 606 g/mol. The van der Waals surface area contributed by atoms with Gasteiger partial charge in [-0.15, -0.1) is 0 Å². The summed E-state index contributed by atoms with van der Waals surface area (Å²) in [5.74, 6) is -0.262. The van der Waals surface area contributed by atoms with Crippen LogP contribution in [0.3, 0.4) is 0 Å². The van der Waals surface area contributed by atoms with Gasteiger partial charge in [0.1, 0.15) is 5.78 Å². The summed E-state index contributed by atoms with van der Waals surface area (Å²) in [6.45, 7) is 8.86. The molecule has 0 radical (unpaired) electrons. The third-order valence-electron chi connectivity index (χ3n) is 8.48. The molecule has 5 heteroatoms. The van der Waals surface area contributed by atoms with Gasteiger partial charge in [-0.05, 0) is 45.4 Å². The van der Waals surface area contributed by atoms with Crippen molar-refractivity contribution >= 4 is 17.7 Å². The highest BCUT2D eigenvalue weighted by molar-refractivity contribution is 5.85. The Hall–Kier alpha value is -1.65. The average Bonchev–Trinajstić information content (AvgIpc) is 2.99. The molecule has 0 saturated carbocycles. The summed E-state index contributed by atoms with van der Waals surface area (Å²) in [5, 5.41) is 2.94. The first-order valence-electron chi connectivity index (χ1n) is 18.5. The minimum absolute atomic E-state index is 0.0510. The standard InChI is InChI=1S/C38H71NO4/c1-5-7-9-11-13-15-16-17-18-19-20-22-24-26-28-30-38(42)43-33-34(3)32-39-37(41)31-36(35(4)40)29-27-25-23-21-14-12-10-8-6-2/h17-18,34,36H,5-16,19-33H2,1-4H3,(H,39,41)/b18-17-. The van der Waals surface area contributed by atoms with E-state index < -0.39 is 0 Å². The maximum Gasteiger partial charge on any atom is 0.305 e. The van der Waals surface area contributed by atoms with Crippen LogP contribution in [0.2, 0.25) is 0 Å². The minimum Gasteiger partial charge on any atom is -0.465 e. The Bertz CT molecular complexity index is 689. The van der Waals surface area contributed by atoms with Gasteiger partial charge in [0.25, 0.3) is 0 Å². The fraction of sp³-hybridized carbons (Fsp3) is 0.868. The predicted molar refractivity (Wildman–Crippen MR) is 183 cm³/mol.